The van der Waals surface area contributed by atoms with Crippen LogP contribution in [0.3, 0.4) is 0 Å². The molecule has 4 aromatic rings. The lowest BCUT2D eigenvalue weighted by molar-refractivity contribution is -0.116. The van der Waals surface area contributed by atoms with E-state index in [4.69, 9.17) is 19.6 Å². The molecule has 1 N–H and O–H groups in total. The fourth-order valence-corrected chi connectivity index (χ4v) is 4.47. The third-order valence-electron chi connectivity index (χ3n) is 6.59. The van der Waals surface area contributed by atoms with Gasteiger partial charge in [-0.1, -0.05) is 6.07 Å². The van der Waals surface area contributed by atoms with Crippen molar-refractivity contribution in [2.45, 2.75) is 47.5 Å². The van der Waals surface area contributed by atoms with Crippen LogP contribution in [0.15, 0.2) is 36.4 Å². The molecule has 1 amide bonds. The smallest absolute Gasteiger partial charge is 0.224 e. The minimum Gasteiger partial charge on any atom is -0.497 e. The van der Waals surface area contributed by atoms with E-state index in [1.54, 1.807) is 32.4 Å². The number of amides is 1. The first-order valence-corrected chi connectivity index (χ1v) is 11.7. The summed E-state index contributed by atoms with van der Waals surface area (Å²) in [5, 5.41) is 8.80. The number of nitrogens with one attached hydrogen (secondary N) is 1. The van der Waals surface area contributed by atoms with Gasteiger partial charge in [0.2, 0.25) is 5.91 Å². The van der Waals surface area contributed by atoms with Crippen LogP contribution in [0.4, 0.5) is 5.69 Å². The Kier molecular flexibility index (Phi) is 6.78. The highest BCUT2D eigenvalue weighted by atomic mass is 16.5. The molecule has 4 rings (SSSR count). The molecule has 2 aromatic heterocycles. The molecule has 0 fully saturated rings. The van der Waals surface area contributed by atoms with Crippen LogP contribution in [-0.4, -0.2) is 34.9 Å². The van der Waals surface area contributed by atoms with E-state index in [1.807, 2.05) is 18.5 Å². The van der Waals surface area contributed by atoms with Crippen LogP contribution in [0.1, 0.15) is 40.1 Å². The van der Waals surface area contributed by atoms with Crippen molar-refractivity contribution in [2.75, 3.05) is 19.5 Å². The van der Waals surface area contributed by atoms with Crippen LogP contribution in [-0.2, 0) is 11.2 Å². The molecule has 0 saturated heterocycles. The number of methoxy groups -OCH3 is 2. The zero-order chi connectivity index (χ0) is 25.3. The zero-order valence-electron chi connectivity index (χ0n) is 21.4. The normalized spacial score (nSPS) is 11.1. The minimum atomic E-state index is -0.0991. The summed E-state index contributed by atoms with van der Waals surface area (Å²) in [5.41, 5.74) is 8.92. The largest absolute Gasteiger partial charge is 0.497 e. The molecule has 0 unspecified atom stereocenters. The lowest BCUT2D eigenvalue weighted by atomic mass is 9.99. The molecule has 7 nitrogen and oxygen atoms in total. The molecule has 2 heterocycles. The number of aromatic nitrogens is 3. The number of hydrogen-bond acceptors (Lipinski definition) is 5. The molecule has 35 heavy (non-hydrogen) atoms. The van der Waals surface area contributed by atoms with E-state index in [0.29, 0.717) is 30.0 Å². The molecule has 182 valence electrons. The number of benzene rings is 2. The number of ether oxygens (including phenoxy) is 2. The van der Waals surface area contributed by atoms with E-state index in [2.05, 4.69) is 44.3 Å². The van der Waals surface area contributed by atoms with Crippen LogP contribution >= 0.6 is 0 Å². The SMILES string of the molecule is COc1ccc(OC)c(NC(=O)CCc2c(C)nc3c(c(C)nn3-c3ccc(C)c(C)c3)c2C)c1. The number of carbonyl (C=O) groups excluding carboxylic acids is 1. The van der Waals surface area contributed by atoms with Crippen molar-refractivity contribution in [1.82, 2.24) is 14.8 Å². The van der Waals surface area contributed by atoms with Gasteiger partial charge in [0.05, 0.1) is 31.3 Å². The fraction of sp³-hybridized carbons (Fsp3) is 0.321. The minimum absolute atomic E-state index is 0.0991. The summed E-state index contributed by atoms with van der Waals surface area (Å²) in [6.45, 7) is 10.3. The maximum absolute atomic E-state index is 12.8. The molecule has 0 bridgehead atoms. The van der Waals surface area contributed by atoms with E-state index in [0.717, 1.165) is 39.2 Å². The van der Waals surface area contributed by atoms with Crippen molar-refractivity contribution in [2.24, 2.45) is 0 Å². The summed E-state index contributed by atoms with van der Waals surface area (Å²) in [7, 11) is 3.16. The van der Waals surface area contributed by atoms with Crippen molar-refractivity contribution in [3.8, 4) is 17.2 Å². The highest BCUT2D eigenvalue weighted by molar-refractivity contribution is 5.93. The van der Waals surface area contributed by atoms with Gasteiger partial charge in [-0.3, -0.25) is 4.79 Å². The molecule has 7 heteroatoms. The topological polar surface area (TPSA) is 78.3 Å². The second-order valence-electron chi connectivity index (χ2n) is 8.88. The lowest BCUT2D eigenvalue weighted by Crippen LogP contribution is -2.14. The summed E-state index contributed by atoms with van der Waals surface area (Å²) >= 11 is 0. The van der Waals surface area contributed by atoms with E-state index in [-0.39, 0.29) is 5.91 Å². The molecular formula is C28H32N4O3. The molecule has 2 aromatic carbocycles. The van der Waals surface area contributed by atoms with E-state index >= 15 is 0 Å². The number of nitrogens with zero attached hydrogens (tertiary/aromatic N) is 3. The molecule has 0 aliphatic heterocycles. The third-order valence-corrected chi connectivity index (χ3v) is 6.59. The van der Waals surface area contributed by atoms with Crippen molar-refractivity contribution < 1.29 is 14.3 Å². The van der Waals surface area contributed by atoms with Crippen LogP contribution < -0.4 is 14.8 Å². The van der Waals surface area contributed by atoms with Crippen molar-refractivity contribution in [3.63, 3.8) is 0 Å². The van der Waals surface area contributed by atoms with Gasteiger partial charge >= 0.3 is 0 Å². The number of aryl methyl sites for hydroxylation is 5. The van der Waals surface area contributed by atoms with Gasteiger partial charge in [0.25, 0.3) is 0 Å². The standard InChI is InChI=1S/C28H32N4O3/c1-16-8-9-21(14-17(16)2)32-28-27(20(5)31-32)18(3)23(19(4)29-28)11-13-26(33)30-24-15-22(34-6)10-12-25(24)35-7/h8-10,12,14-15H,11,13H2,1-7H3,(H,30,33). The average molecular weight is 473 g/mol. The van der Waals surface area contributed by atoms with Crippen molar-refractivity contribution >= 4 is 22.6 Å². The predicted molar refractivity (Wildman–Crippen MR) is 139 cm³/mol. The number of hydrogen-bond donors (Lipinski definition) is 1. The summed E-state index contributed by atoms with van der Waals surface area (Å²) in [6.07, 6.45) is 0.895. The Bertz CT molecular complexity index is 1420. The Balaban J connectivity index is 1.61. The van der Waals surface area contributed by atoms with Crippen LogP contribution in [0.2, 0.25) is 0 Å². The quantitative estimate of drug-likeness (QED) is 0.381. The Morgan fingerprint density at radius 1 is 0.943 bits per heavy atom. The predicted octanol–water partition coefficient (Wildman–Crippen LogP) is 5.55. The average Bonchev–Trinajstić information content (AvgIpc) is 3.16. The number of rotatable bonds is 7. The van der Waals surface area contributed by atoms with Crippen molar-refractivity contribution in [3.05, 3.63) is 70.0 Å². The molecule has 0 aliphatic carbocycles. The van der Waals surface area contributed by atoms with Crippen LogP contribution in [0.5, 0.6) is 11.5 Å². The van der Waals surface area contributed by atoms with Crippen LogP contribution in [0, 0.1) is 34.6 Å². The summed E-state index contributed by atoms with van der Waals surface area (Å²) in [6, 6.07) is 11.6. The number of fused-ring (bicyclic) bond motifs is 1. The fourth-order valence-electron chi connectivity index (χ4n) is 4.47. The van der Waals surface area contributed by atoms with E-state index in [1.165, 1.54) is 11.1 Å². The maximum Gasteiger partial charge on any atom is 0.224 e. The monoisotopic (exact) mass is 472 g/mol. The number of anilines is 1. The first-order chi connectivity index (χ1) is 16.7. The highest BCUT2D eigenvalue weighted by Crippen LogP contribution is 2.31. The first kappa shape index (κ1) is 24.3. The van der Waals surface area contributed by atoms with Gasteiger partial charge < -0.3 is 14.8 Å². The maximum atomic E-state index is 12.8. The van der Waals surface area contributed by atoms with Gasteiger partial charge in [0.1, 0.15) is 11.5 Å². The number of carbonyl (C=O) groups is 1. The number of pyridine rings is 1. The molecule has 0 spiro atoms. The van der Waals surface area contributed by atoms with Crippen LogP contribution in [0.25, 0.3) is 16.7 Å². The van der Waals surface area contributed by atoms with Gasteiger partial charge in [0, 0.05) is 23.6 Å². The van der Waals surface area contributed by atoms with Gasteiger partial charge in [0.15, 0.2) is 5.65 Å². The summed E-state index contributed by atoms with van der Waals surface area (Å²) < 4.78 is 12.6. The van der Waals surface area contributed by atoms with E-state index < -0.39 is 0 Å². The second kappa shape index (κ2) is 9.78. The third kappa shape index (κ3) is 4.71. The second-order valence-corrected chi connectivity index (χ2v) is 8.88. The Morgan fingerprint density at radius 3 is 2.40 bits per heavy atom. The molecule has 0 radical (unpaired) electrons. The van der Waals surface area contributed by atoms with Crippen molar-refractivity contribution in [1.29, 1.82) is 0 Å². The first-order valence-electron chi connectivity index (χ1n) is 11.7. The lowest BCUT2D eigenvalue weighted by Gasteiger charge is -2.14. The van der Waals surface area contributed by atoms with Gasteiger partial charge in [-0.05, 0) is 87.6 Å². The Labute approximate surface area is 206 Å². The molecule has 0 saturated carbocycles. The van der Waals surface area contributed by atoms with Gasteiger partial charge in [-0.2, -0.15) is 5.10 Å². The Hall–Kier alpha value is -3.87. The molecule has 0 aliphatic rings. The Morgan fingerprint density at radius 2 is 1.71 bits per heavy atom. The van der Waals surface area contributed by atoms with E-state index in [9.17, 15) is 4.79 Å². The van der Waals surface area contributed by atoms with Gasteiger partial charge in [-0.15, -0.1) is 0 Å². The summed E-state index contributed by atoms with van der Waals surface area (Å²) in [4.78, 5) is 17.7. The zero-order valence-corrected chi connectivity index (χ0v) is 21.4. The molecule has 0 atom stereocenters. The molecular weight excluding hydrogens is 440 g/mol. The van der Waals surface area contributed by atoms with Gasteiger partial charge in [-0.25, -0.2) is 9.67 Å². The summed E-state index contributed by atoms with van der Waals surface area (Å²) in [5.74, 6) is 1.14. The highest BCUT2D eigenvalue weighted by Gasteiger charge is 2.19.